The van der Waals surface area contributed by atoms with Crippen molar-refractivity contribution in [1.82, 2.24) is 15.3 Å². The molecule has 0 aliphatic heterocycles. The number of aliphatic carboxylic acids is 1. The SMILES string of the molecule is Cc1ncc(CNC(C(=O)O)c2ccccc2)[nH]1. The molecule has 5 heteroatoms. The maximum absolute atomic E-state index is 11.2. The van der Waals surface area contributed by atoms with Gasteiger partial charge in [0.1, 0.15) is 11.9 Å². The van der Waals surface area contributed by atoms with Crippen molar-refractivity contribution in [3.63, 3.8) is 0 Å². The van der Waals surface area contributed by atoms with Crippen LogP contribution >= 0.6 is 0 Å². The molecular formula is C13H15N3O2. The van der Waals surface area contributed by atoms with Gasteiger partial charge in [-0.15, -0.1) is 0 Å². The Labute approximate surface area is 105 Å². The van der Waals surface area contributed by atoms with Gasteiger partial charge in [-0.2, -0.15) is 0 Å². The Morgan fingerprint density at radius 1 is 1.44 bits per heavy atom. The molecule has 0 spiro atoms. The van der Waals surface area contributed by atoms with Gasteiger partial charge in [-0.1, -0.05) is 30.3 Å². The first-order valence-corrected chi connectivity index (χ1v) is 5.68. The molecule has 1 heterocycles. The Morgan fingerprint density at radius 3 is 2.72 bits per heavy atom. The fourth-order valence-electron chi connectivity index (χ4n) is 1.77. The minimum atomic E-state index is -0.891. The van der Waals surface area contributed by atoms with Gasteiger partial charge < -0.3 is 10.1 Å². The molecule has 0 radical (unpaired) electrons. The molecule has 0 aliphatic rings. The molecule has 2 aromatic rings. The normalized spacial score (nSPS) is 12.3. The lowest BCUT2D eigenvalue weighted by Crippen LogP contribution is -2.28. The van der Waals surface area contributed by atoms with Crippen LogP contribution in [0.4, 0.5) is 0 Å². The molecule has 18 heavy (non-hydrogen) atoms. The fourth-order valence-corrected chi connectivity index (χ4v) is 1.77. The number of carboxylic acid groups (broad SMARTS) is 1. The number of nitrogens with one attached hydrogen (secondary N) is 2. The van der Waals surface area contributed by atoms with Crippen LogP contribution in [0.15, 0.2) is 36.5 Å². The van der Waals surface area contributed by atoms with E-state index in [0.29, 0.717) is 6.54 Å². The van der Waals surface area contributed by atoms with Crippen LogP contribution < -0.4 is 5.32 Å². The van der Waals surface area contributed by atoms with Gasteiger partial charge in [-0.05, 0) is 12.5 Å². The van der Waals surface area contributed by atoms with E-state index in [4.69, 9.17) is 0 Å². The summed E-state index contributed by atoms with van der Waals surface area (Å²) in [5.41, 5.74) is 1.61. The number of benzene rings is 1. The molecule has 3 N–H and O–H groups in total. The number of hydrogen-bond acceptors (Lipinski definition) is 3. The van der Waals surface area contributed by atoms with E-state index in [-0.39, 0.29) is 0 Å². The van der Waals surface area contributed by atoms with Gasteiger partial charge in [-0.3, -0.25) is 10.1 Å². The molecule has 94 valence electrons. The van der Waals surface area contributed by atoms with Crippen LogP contribution in [0.2, 0.25) is 0 Å². The second kappa shape index (κ2) is 5.46. The molecule has 0 aliphatic carbocycles. The quantitative estimate of drug-likeness (QED) is 0.748. The number of H-pyrrole nitrogens is 1. The molecule has 0 saturated carbocycles. The summed E-state index contributed by atoms with van der Waals surface area (Å²) in [5, 5.41) is 12.2. The summed E-state index contributed by atoms with van der Waals surface area (Å²) in [6.45, 7) is 2.29. The molecule has 5 nitrogen and oxygen atoms in total. The monoisotopic (exact) mass is 245 g/mol. The van der Waals surface area contributed by atoms with Gasteiger partial charge in [0.25, 0.3) is 0 Å². The summed E-state index contributed by atoms with van der Waals surface area (Å²) in [4.78, 5) is 18.4. The van der Waals surface area contributed by atoms with E-state index >= 15 is 0 Å². The maximum Gasteiger partial charge on any atom is 0.325 e. The lowest BCUT2D eigenvalue weighted by atomic mass is 10.1. The zero-order valence-electron chi connectivity index (χ0n) is 10.1. The highest BCUT2D eigenvalue weighted by Gasteiger charge is 2.18. The molecule has 0 saturated heterocycles. The fraction of sp³-hybridized carbons (Fsp3) is 0.231. The topological polar surface area (TPSA) is 78.0 Å². The first-order chi connectivity index (χ1) is 8.66. The van der Waals surface area contributed by atoms with E-state index in [9.17, 15) is 9.90 Å². The van der Waals surface area contributed by atoms with Gasteiger partial charge in [0, 0.05) is 18.4 Å². The van der Waals surface area contributed by atoms with Crippen LogP contribution in [-0.4, -0.2) is 21.0 Å². The number of aromatic amines is 1. The zero-order chi connectivity index (χ0) is 13.0. The van der Waals surface area contributed by atoms with Crippen LogP contribution in [0, 0.1) is 6.92 Å². The van der Waals surface area contributed by atoms with E-state index < -0.39 is 12.0 Å². The van der Waals surface area contributed by atoms with Crippen molar-refractivity contribution in [2.75, 3.05) is 0 Å². The van der Waals surface area contributed by atoms with Crippen molar-refractivity contribution in [2.24, 2.45) is 0 Å². The van der Waals surface area contributed by atoms with Gasteiger partial charge in [0.05, 0.1) is 0 Å². The maximum atomic E-state index is 11.2. The highest BCUT2D eigenvalue weighted by atomic mass is 16.4. The summed E-state index contributed by atoms with van der Waals surface area (Å²) < 4.78 is 0. The van der Waals surface area contributed by atoms with E-state index in [2.05, 4.69) is 15.3 Å². The standard InChI is InChI=1S/C13H15N3O2/c1-9-14-7-11(16-9)8-15-12(13(17)18)10-5-3-2-4-6-10/h2-7,12,15H,8H2,1H3,(H,14,16)(H,17,18). The molecule has 0 bridgehead atoms. The lowest BCUT2D eigenvalue weighted by molar-refractivity contribution is -0.139. The van der Waals surface area contributed by atoms with Crippen molar-refractivity contribution in [3.05, 3.63) is 53.6 Å². The Bertz CT molecular complexity index is 522. The van der Waals surface area contributed by atoms with Gasteiger partial charge >= 0.3 is 5.97 Å². The summed E-state index contributed by atoms with van der Waals surface area (Å²) in [7, 11) is 0. The molecule has 1 aromatic carbocycles. The van der Waals surface area contributed by atoms with Crippen molar-refractivity contribution < 1.29 is 9.90 Å². The highest BCUT2D eigenvalue weighted by Crippen LogP contribution is 2.13. The molecule has 0 fully saturated rings. The Balaban J connectivity index is 2.06. The second-order valence-electron chi connectivity index (χ2n) is 4.06. The van der Waals surface area contributed by atoms with Crippen LogP contribution in [0.25, 0.3) is 0 Å². The number of hydrogen-bond donors (Lipinski definition) is 3. The highest BCUT2D eigenvalue weighted by molar-refractivity contribution is 5.75. The van der Waals surface area contributed by atoms with Crippen LogP contribution in [0.5, 0.6) is 0 Å². The summed E-state index contributed by atoms with van der Waals surface area (Å²) >= 11 is 0. The average molecular weight is 245 g/mol. The van der Waals surface area contributed by atoms with Crippen molar-refractivity contribution >= 4 is 5.97 Å². The minimum Gasteiger partial charge on any atom is -0.480 e. The van der Waals surface area contributed by atoms with Crippen LogP contribution in [0.3, 0.4) is 0 Å². The Hall–Kier alpha value is -2.14. The first kappa shape index (κ1) is 12.3. The largest absolute Gasteiger partial charge is 0.480 e. The third-order valence-corrected chi connectivity index (χ3v) is 2.63. The van der Waals surface area contributed by atoms with E-state index in [1.165, 1.54) is 0 Å². The Morgan fingerprint density at radius 2 is 2.17 bits per heavy atom. The summed E-state index contributed by atoms with van der Waals surface area (Å²) in [5.74, 6) is -0.0733. The van der Waals surface area contributed by atoms with Crippen LogP contribution in [0.1, 0.15) is 23.1 Å². The number of nitrogens with zero attached hydrogens (tertiary/aromatic N) is 1. The Kier molecular flexibility index (Phi) is 3.74. The average Bonchev–Trinajstić information content (AvgIpc) is 2.76. The first-order valence-electron chi connectivity index (χ1n) is 5.68. The number of aryl methyl sites for hydroxylation is 1. The van der Waals surface area contributed by atoms with Crippen molar-refractivity contribution in [3.8, 4) is 0 Å². The predicted molar refractivity (Wildman–Crippen MR) is 67.0 cm³/mol. The molecule has 2 rings (SSSR count). The zero-order valence-corrected chi connectivity index (χ0v) is 10.1. The third-order valence-electron chi connectivity index (χ3n) is 2.63. The van der Waals surface area contributed by atoms with Gasteiger partial charge in [-0.25, -0.2) is 4.98 Å². The summed E-state index contributed by atoms with van der Waals surface area (Å²) in [6, 6.07) is 8.39. The van der Waals surface area contributed by atoms with Crippen LogP contribution in [-0.2, 0) is 11.3 Å². The van der Waals surface area contributed by atoms with Gasteiger partial charge in [0.15, 0.2) is 0 Å². The molecule has 1 aromatic heterocycles. The molecule has 1 unspecified atom stereocenters. The number of carbonyl (C=O) groups is 1. The predicted octanol–water partition coefficient (Wildman–Crippen LogP) is 1.63. The van der Waals surface area contributed by atoms with E-state index in [1.807, 2.05) is 25.1 Å². The van der Waals surface area contributed by atoms with Gasteiger partial charge in [0.2, 0.25) is 0 Å². The third kappa shape index (κ3) is 2.95. The lowest BCUT2D eigenvalue weighted by Gasteiger charge is -2.13. The molecule has 0 amide bonds. The summed E-state index contributed by atoms with van der Waals surface area (Å²) in [6.07, 6.45) is 1.70. The number of rotatable bonds is 5. The number of carboxylic acids is 1. The second-order valence-corrected chi connectivity index (χ2v) is 4.06. The number of imidazole rings is 1. The smallest absolute Gasteiger partial charge is 0.325 e. The number of aromatic nitrogens is 2. The van der Waals surface area contributed by atoms with Crippen molar-refractivity contribution in [2.45, 2.75) is 19.5 Å². The van der Waals surface area contributed by atoms with E-state index in [0.717, 1.165) is 17.1 Å². The minimum absolute atomic E-state index is 0.437. The molecular weight excluding hydrogens is 230 g/mol. The molecule has 1 atom stereocenters. The van der Waals surface area contributed by atoms with Crippen molar-refractivity contribution in [1.29, 1.82) is 0 Å². The van der Waals surface area contributed by atoms with E-state index in [1.54, 1.807) is 18.3 Å².